The van der Waals surface area contributed by atoms with Crippen molar-refractivity contribution < 1.29 is 29.3 Å². The van der Waals surface area contributed by atoms with E-state index < -0.39 is 12.3 Å². The number of hydrogen-bond donors (Lipinski definition) is 3. The Kier molecular flexibility index (Phi) is 8.93. The van der Waals surface area contributed by atoms with E-state index in [0.29, 0.717) is 23.4 Å². The lowest BCUT2D eigenvalue weighted by Crippen LogP contribution is -2.31. The number of amides is 1. The highest BCUT2D eigenvalue weighted by Gasteiger charge is 2.32. The molecule has 0 aliphatic carbocycles. The van der Waals surface area contributed by atoms with E-state index in [-0.39, 0.29) is 30.3 Å². The largest absolute Gasteiger partial charge is 0.478 e. The van der Waals surface area contributed by atoms with E-state index in [1.54, 1.807) is 48.2 Å². The van der Waals surface area contributed by atoms with Crippen molar-refractivity contribution in [3.63, 3.8) is 0 Å². The van der Waals surface area contributed by atoms with Gasteiger partial charge in [0.2, 0.25) is 0 Å². The van der Waals surface area contributed by atoms with Crippen LogP contribution in [0.15, 0.2) is 108 Å². The number of aliphatic hydroxyl groups excluding tert-OH is 1. The van der Waals surface area contributed by atoms with Crippen LogP contribution in [0.25, 0.3) is 0 Å². The van der Waals surface area contributed by atoms with Crippen molar-refractivity contribution in [1.82, 2.24) is 0 Å². The maximum atomic E-state index is 12.5. The number of carbonyl (C=O) groups is 2. The van der Waals surface area contributed by atoms with E-state index in [9.17, 15) is 14.7 Å². The Morgan fingerprint density at radius 2 is 1.48 bits per heavy atom. The molecule has 40 heavy (non-hydrogen) atoms. The molecule has 3 atom stereocenters. The number of anilines is 1. The molecule has 8 heteroatoms. The van der Waals surface area contributed by atoms with Crippen LogP contribution in [-0.4, -0.2) is 33.9 Å². The van der Waals surface area contributed by atoms with Crippen molar-refractivity contribution >= 4 is 29.3 Å². The van der Waals surface area contributed by atoms with E-state index in [0.717, 1.165) is 21.6 Å². The molecule has 0 bridgehead atoms. The lowest BCUT2D eigenvalue weighted by atomic mass is 10.0. The predicted octanol–water partition coefficient (Wildman–Crippen LogP) is 6.47. The van der Waals surface area contributed by atoms with Gasteiger partial charge in [-0.15, -0.1) is 11.8 Å². The first-order chi connectivity index (χ1) is 19.5. The van der Waals surface area contributed by atoms with Crippen LogP contribution in [0.1, 0.15) is 56.2 Å². The lowest BCUT2D eigenvalue weighted by Gasteiger charge is -2.36. The van der Waals surface area contributed by atoms with Crippen LogP contribution in [0.2, 0.25) is 0 Å². The maximum absolute atomic E-state index is 12.5. The van der Waals surface area contributed by atoms with E-state index in [2.05, 4.69) is 5.32 Å². The number of nitrogens with one attached hydrogen (secondary N) is 1. The Morgan fingerprint density at radius 3 is 2.12 bits per heavy atom. The highest BCUT2D eigenvalue weighted by atomic mass is 32.2. The minimum absolute atomic E-state index is 0.0232. The Bertz CT molecular complexity index is 1430. The standard InChI is InChI=1S/C32H29NO6S/c34-19-21-6-8-22(9-7-21)29-18-27(20-40-28-16-12-24(13-17-28)31(36)37)38-32(39-29)25-10-14-26(15-11-25)33-30(35)23-4-2-1-3-5-23/h1-17,27,29,32,34H,18-20H2,(H,33,35)(H,36,37)/t27-,29+,32+/m1/s1. The fraction of sp³-hybridized carbons (Fsp3) is 0.188. The molecule has 0 saturated carbocycles. The third-order valence-electron chi connectivity index (χ3n) is 6.63. The van der Waals surface area contributed by atoms with E-state index in [1.165, 1.54) is 0 Å². The second-order valence-electron chi connectivity index (χ2n) is 9.43. The van der Waals surface area contributed by atoms with Crippen LogP contribution in [0.5, 0.6) is 0 Å². The summed E-state index contributed by atoms with van der Waals surface area (Å²) in [4.78, 5) is 24.6. The van der Waals surface area contributed by atoms with Crippen LogP contribution in [-0.2, 0) is 16.1 Å². The van der Waals surface area contributed by atoms with Crippen molar-refractivity contribution in [2.75, 3.05) is 11.1 Å². The van der Waals surface area contributed by atoms with Gasteiger partial charge in [-0.1, -0.05) is 54.6 Å². The van der Waals surface area contributed by atoms with Crippen LogP contribution in [0, 0.1) is 0 Å². The minimum atomic E-state index is -0.951. The summed E-state index contributed by atoms with van der Waals surface area (Å²) in [7, 11) is 0. The third kappa shape index (κ3) is 6.97. The van der Waals surface area contributed by atoms with Gasteiger partial charge < -0.3 is 25.0 Å². The quantitative estimate of drug-likeness (QED) is 0.203. The van der Waals surface area contributed by atoms with Crippen LogP contribution in [0.4, 0.5) is 5.69 Å². The van der Waals surface area contributed by atoms with Gasteiger partial charge in [-0.2, -0.15) is 0 Å². The lowest BCUT2D eigenvalue weighted by molar-refractivity contribution is -0.245. The summed E-state index contributed by atoms with van der Waals surface area (Å²) in [6, 6.07) is 31.0. The fourth-order valence-electron chi connectivity index (χ4n) is 4.42. The molecule has 0 aromatic heterocycles. The Balaban J connectivity index is 1.30. The molecular weight excluding hydrogens is 526 g/mol. The van der Waals surface area contributed by atoms with Crippen molar-refractivity contribution in [2.45, 2.75) is 36.4 Å². The predicted molar refractivity (Wildman–Crippen MR) is 153 cm³/mol. The number of hydrogen-bond acceptors (Lipinski definition) is 6. The molecule has 0 spiro atoms. The zero-order chi connectivity index (χ0) is 27.9. The van der Waals surface area contributed by atoms with Gasteiger partial charge in [0.25, 0.3) is 5.91 Å². The number of thioether (sulfide) groups is 1. The van der Waals surface area contributed by atoms with E-state index in [4.69, 9.17) is 14.6 Å². The highest BCUT2D eigenvalue weighted by Crippen LogP contribution is 2.39. The molecule has 1 aliphatic rings. The number of aromatic carboxylic acids is 1. The minimum Gasteiger partial charge on any atom is -0.478 e. The molecule has 1 aliphatic heterocycles. The third-order valence-corrected chi connectivity index (χ3v) is 7.77. The summed E-state index contributed by atoms with van der Waals surface area (Å²) >= 11 is 1.60. The van der Waals surface area contributed by atoms with Gasteiger partial charge in [0.05, 0.1) is 24.4 Å². The van der Waals surface area contributed by atoms with Crippen molar-refractivity contribution in [3.05, 3.63) is 131 Å². The molecule has 5 rings (SSSR count). The molecule has 1 amide bonds. The van der Waals surface area contributed by atoms with Crippen molar-refractivity contribution in [2.24, 2.45) is 0 Å². The Labute approximate surface area is 236 Å². The summed E-state index contributed by atoms with van der Waals surface area (Å²) in [5.41, 5.74) is 4.16. The summed E-state index contributed by atoms with van der Waals surface area (Å²) in [5, 5.41) is 21.5. The number of aliphatic hydroxyl groups is 1. The van der Waals surface area contributed by atoms with Crippen LogP contribution >= 0.6 is 11.8 Å². The zero-order valence-corrected chi connectivity index (χ0v) is 22.4. The molecule has 204 valence electrons. The van der Waals surface area contributed by atoms with E-state index >= 15 is 0 Å². The molecule has 0 radical (unpaired) electrons. The van der Waals surface area contributed by atoms with Crippen LogP contribution in [0.3, 0.4) is 0 Å². The van der Waals surface area contributed by atoms with Gasteiger partial charge in [0.1, 0.15) is 0 Å². The zero-order valence-electron chi connectivity index (χ0n) is 21.6. The molecular formula is C32H29NO6S. The number of carboxylic acid groups (broad SMARTS) is 1. The molecule has 4 aromatic rings. The van der Waals surface area contributed by atoms with Gasteiger partial charge >= 0.3 is 5.97 Å². The Hall–Kier alpha value is -3.95. The summed E-state index contributed by atoms with van der Waals surface area (Å²) in [6.45, 7) is -0.0232. The number of benzene rings is 4. The van der Waals surface area contributed by atoms with Crippen molar-refractivity contribution in [1.29, 1.82) is 0 Å². The number of carbonyl (C=O) groups excluding carboxylic acids is 1. The summed E-state index contributed by atoms with van der Waals surface area (Å²) in [6.07, 6.45) is -0.331. The van der Waals surface area contributed by atoms with Gasteiger partial charge in [0, 0.05) is 33.9 Å². The first-order valence-electron chi connectivity index (χ1n) is 12.9. The topological polar surface area (TPSA) is 105 Å². The average molecular weight is 556 g/mol. The maximum Gasteiger partial charge on any atom is 0.335 e. The van der Waals surface area contributed by atoms with Gasteiger partial charge in [-0.3, -0.25) is 4.79 Å². The molecule has 1 heterocycles. The Morgan fingerprint density at radius 1 is 0.800 bits per heavy atom. The van der Waals surface area contributed by atoms with E-state index in [1.807, 2.05) is 66.7 Å². The molecule has 0 unspecified atom stereocenters. The first kappa shape index (κ1) is 27.6. The fourth-order valence-corrected chi connectivity index (χ4v) is 5.34. The summed E-state index contributed by atoms with van der Waals surface area (Å²) in [5.74, 6) is -0.478. The monoisotopic (exact) mass is 555 g/mol. The number of ether oxygens (including phenoxy) is 2. The second-order valence-corrected chi connectivity index (χ2v) is 10.5. The number of rotatable bonds is 9. The SMILES string of the molecule is O=C(O)c1ccc(SC[C@H]2C[C@@H](c3ccc(CO)cc3)O[C@@H](c3ccc(NC(=O)c4ccccc4)cc3)O2)cc1. The molecule has 4 aromatic carbocycles. The average Bonchev–Trinajstić information content (AvgIpc) is 3.01. The van der Waals surface area contributed by atoms with Crippen molar-refractivity contribution in [3.8, 4) is 0 Å². The molecule has 7 nitrogen and oxygen atoms in total. The summed E-state index contributed by atoms with van der Waals surface area (Å²) < 4.78 is 12.8. The van der Waals surface area contributed by atoms with Crippen LogP contribution < -0.4 is 5.32 Å². The number of carboxylic acids is 1. The van der Waals surface area contributed by atoms with Gasteiger partial charge in [-0.05, 0) is 59.7 Å². The van der Waals surface area contributed by atoms with Gasteiger partial charge in [-0.25, -0.2) is 4.79 Å². The highest BCUT2D eigenvalue weighted by molar-refractivity contribution is 7.99. The first-order valence-corrected chi connectivity index (χ1v) is 13.9. The molecule has 1 saturated heterocycles. The smallest absolute Gasteiger partial charge is 0.335 e. The molecule has 3 N–H and O–H groups in total. The molecule has 1 fully saturated rings. The second kappa shape index (κ2) is 12.9. The normalized spacial score (nSPS) is 18.7. The van der Waals surface area contributed by atoms with Gasteiger partial charge in [0.15, 0.2) is 6.29 Å².